The number of rotatable bonds is 11. The van der Waals surface area contributed by atoms with Crippen molar-refractivity contribution in [3.05, 3.63) is 59.5 Å². The van der Waals surface area contributed by atoms with Crippen LogP contribution in [0.2, 0.25) is 0 Å². The molecule has 3 rings (SSSR count). The molecule has 1 fully saturated rings. The second-order valence-electron chi connectivity index (χ2n) is 7.29. The molecule has 0 spiro atoms. The van der Waals surface area contributed by atoms with E-state index in [4.69, 9.17) is 13.9 Å². The van der Waals surface area contributed by atoms with Gasteiger partial charge in [-0.05, 0) is 49.6 Å². The maximum atomic E-state index is 12.4. The van der Waals surface area contributed by atoms with Crippen LogP contribution in [-0.2, 0) is 22.6 Å². The van der Waals surface area contributed by atoms with Crippen molar-refractivity contribution >= 4 is 35.8 Å². The van der Waals surface area contributed by atoms with Gasteiger partial charge in [-0.2, -0.15) is 0 Å². The molecule has 1 saturated heterocycles. The van der Waals surface area contributed by atoms with E-state index in [1.54, 1.807) is 18.4 Å². The first-order valence-corrected chi connectivity index (χ1v) is 10.9. The van der Waals surface area contributed by atoms with E-state index in [0.29, 0.717) is 31.9 Å². The van der Waals surface area contributed by atoms with Crippen LogP contribution in [0.3, 0.4) is 0 Å². The van der Waals surface area contributed by atoms with Crippen molar-refractivity contribution in [2.45, 2.75) is 39.0 Å². The van der Waals surface area contributed by atoms with Crippen LogP contribution in [0.4, 0.5) is 0 Å². The van der Waals surface area contributed by atoms with Crippen molar-refractivity contribution < 1.29 is 18.7 Å². The van der Waals surface area contributed by atoms with Gasteiger partial charge in [-0.3, -0.25) is 4.79 Å². The molecule has 0 aliphatic carbocycles. The summed E-state index contributed by atoms with van der Waals surface area (Å²) in [5.41, 5.74) is 1.57. The number of furan rings is 1. The van der Waals surface area contributed by atoms with Crippen molar-refractivity contribution in [2.75, 3.05) is 32.9 Å². The van der Waals surface area contributed by atoms with Gasteiger partial charge in [0.1, 0.15) is 5.76 Å². The lowest BCUT2D eigenvalue weighted by Crippen LogP contribution is -2.38. The third-order valence-electron chi connectivity index (χ3n) is 4.81. The van der Waals surface area contributed by atoms with Gasteiger partial charge < -0.3 is 29.8 Å². The molecule has 1 aliphatic rings. The zero-order valence-electron chi connectivity index (χ0n) is 18.5. The highest BCUT2D eigenvalue weighted by atomic mass is 127. The van der Waals surface area contributed by atoms with Gasteiger partial charge in [0.25, 0.3) is 5.91 Å². The average molecular weight is 556 g/mol. The molecular formula is C23H33IN4O4. The lowest BCUT2D eigenvalue weighted by Gasteiger charge is -2.13. The number of halogens is 1. The first-order chi connectivity index (χ1) is 15.2. The van der Waals surface area contributed by atoms with E-state index < -0.39 is 0 Å². The normalized spacial score (nSPS) is 15.8. The number of aliphatic imine (C=N–C) groups is 1. The monoisotopic (exact) mass is 556 g/mol. The van der Waals surface area contributed by atoms with Gasteiger partial charge in [0.05, 0.1) is 32.1 Å². The maximum Gasteiger partial charge on any atom is 0.251 e. The second kappa shape index (κ2) is 14.9. The fourth-order valence-electron chi connectivity index (χ4n) is 3.18. The largest absolute Gasteiger partial charge is 0.467 e. The zero-order valence-corrected chi connectivity index (χ0v) is 20.8. The van der Waals surface area contributed by atoms with E-state index in [2.05, 4.69) is 20.9 Å². The van der Waals surface area contributed by atoms with E-state index in [1.807, 2.05) is 31.2 Å². The van der Waals surface area contributed by atoms with Crippen molar-refractivity contribution in [1.82, 2.24) is 16.0 Å². The molecule has 176 valence electrons. The molecule has 0 radical (unpaired) electrons. The minimum atomic E-state index is -0.139. The first kappa shape index (κ1) is 26.1. The number of ether oxygens (including phenoxy) is 2. The molecule has 2 heterocycles. The van der Waals surface area contributed by atoms with E-state index in [0.717, 1.165) is 49.8 Å². The highest BCUT2D eigenvalue weighted by Crippen LogP contribution is 2.09. The summed E-state index contributed by atoms with van der Waals surface area (Å²) in [5, 5.41) is 9.43. The molecule has 1 atom stereocenters. The number of guanidine groups is 1. The Balaban J connectivity index is 0.00000363. The van der Waals surface area contributed by atoms with Crippen LogP contribution >= 0.6 is 24.0 Å². The lowest BCUT2D eigenvalue weighted by molar-refractivity contribution is 0.0420. The first-order valence-electron chi connectivity index (χ1n) is 10.9. The van der Waals surface area contributed by atoms with Gasteiger partial charge >= 0.3 is 0 Å². The molecule has 3 N–H and O–H groups in total. The molecular weight excluding hydrogens is 523 g/mol. The number of amides is 1. The summed E-state index contributed by atoms with van der Waals surface area (Å²) in [6.07, 6.45) is 3.71. The second-order valence-corrected chi connectivity index (χ2v) is 7.29. The zero-order chi connectivity index (χ0) is 21.7. The maximum absolute atomic E-state index is 12.4. The molecule has 8 nitrogen and oxygen atoms in total. The summed E-state index contributed by atoms with van der Waals surface area (Å²) in [6.45, 7) is 6.63. The molecule has 1 aliphatic heterocycles. The van der Waals surface area contributed by atoms with E-state index >= 15 is 0 Å². The van der Waals surface area contributed by atoms with Gasteiger partial charge in [-0.25, -0.2) is 4.99 Å². The molecule has 32 heavy (non-hydrogen) atoms. The summed E-state index contributed by atoms with van der Waals surface area (Å²) >= 11 is 0. The van der Waals surface area contributed by atoms with Crippen LogP contribution in [0.25, 0.3) is 0 Å². The minimum absolute atomic E-state index is 0. The van der Waals surface area contributed by atoms with Crippen LogP contribution in [0.15, 0.2) is 52.1 Å². The Hall–Kier alpha value is -2.11. The summed E-state index contributed by atoms with van der Waals surface area (Å²) in [6, 6.07) is 11.1. The highest BCUT2D eigenvalue weighted by molar-refractivity contribution is 14.0. The predicted molar refractivity (Wildman–Crippen MR) is 134 cm³/mol. The summed E-state index contributed by atoms with van der Waals surface area (Å²) < 4.78 is 16.3. The summed E-state index contributed by atoms with van der Waals surface area (Å²) in [7, 11) is 0. The van der Waals surface area contributed by atoms with Crippen LogP contribution in [0.1, 0.15) is 41.4 Å². The lowest BCUT2D eigenvalue weighted by atomic mass is 10.1. The van der Waals surface area contributed by atoms with E-state index in [9.17, 15) is 4.79 Å². The smallest absolute Gasteiger partial charge is 0.251 e. The van der Waals surface area contributed by atoms with Gasteiger partial charge in [0.15, 0.2) is 5.96 Å². The summed E-state index contributed by atoms with van der Waals surface area (Å²) in [5.74, 6) is 1.33. The number of hydrogen-bond acceptors (Lipinski definition) is 5. The molecule has 9 heteroatoms. The fraction of sp³-hybridized carbons (Fsp3) is 0.478. The third kappa shape index (κ3) is 9.17. The van der Waals surface area contributed by atoms with Crippen molar-refractivity contribution in [3.63, 3.8) is 0 Å². The number of nitrogens with one attached hydrogen (secondary N) is 3. The number of hydrogen-bond donors (Lipinski definition) is 3. The third-order valence-corrected chi connectivity index (χ3v) is 4.81. The number of carbonyl (C=O) groups is 1. The highest BCUT2D eigenvalue weighted by Gasteiger charge is 2.15. The van der Waals surface area contributed by atoms with Crippen LogP contribution in [0, 0.1) is 0 Å². The van der Waals surface area contributed by atoms with Crippen molar-refractivity contribution in [3.8, 4) is 0 Å². The van der Waals surface area contributed by atoms with Gasteiger partial charge in [0.2, 0.25) is 0 Å². The van der Waals surface area contributed by atoms with Crippen LogP contribution < -0.4 is 16.0 Å². The Bertz CT molecular complexity index is 823. The SMILES string of the molecule is CCNC(=NCc1cccc(C(=O)NCc2ccco2)c1)NCCCOC1CCOC1.I. The Morgan fingerprint density at radius 2 is 2.12 bits per heavy atom. The molecule has 2 aromatic rings. The Kier molecular flexibility index (Phi) is 12.1. The fourth-order valence-corrected chi connectivity index (χ4v) is 3.18. The molecule has 0 bridgehead atoms. The van der Waals surface area contributed by atoms with Gasteiger partial charge in [-0.1, -0.05) is 12.1 Å². The topological polar surface area (TPSA) is 97.1 Å². The molecule has 1 amide bonds. The average Bonchev–Trinajstić information content (AvgIpc) is 3.50. The van der Waals surface area contributed by atoms with Crippen molar-refractivity contribution in [1.29, 1.82) is 0 Å². The minimum Gasteiger partial charge on any atom is -0.467 e. The number of carbonyl (C=O) groups excluding carboxylic acids is 1. The van der Waals surface area contributed by atoms with E-state index in [1.165, 1.54) is 0 Å². The standard InChI is InChI=1S/C23H32N4O4.HI/c1-2-24-23(25-10-5-12-31-21-9-13-29-17-21)27-15-18-6-3-7-19(14-18)22(28)26-16-20-8-4-11-30-20;/h3-4,6-8,11,14,21H,2,5,9-10,12-13,15-17H2,1H3,(H,26,28)(H2,24,25,27);1H. The Morgan fingerprint density at radius 3 is 2.88 bits per heavy atom. The molecule has 1 unspecified atom stereocenters. The van der Waals surface area contributed by atoms with Crippen LogP contribution in [0.5, 0.6) is 0 Å². The number of nitrogens with zero attached hydrogens (tertiary/aromatic N) is 1. The van der Waals surface area contributed by atoms with Gasteiger partial charge in [-0.15, -0.1) is 24.0 Å². The molecule has 1 aromatic heterocycles. The van der Waals surface area contributed by atoms with E-state index in [-0.39, 0.29) is 36.0 Å². The van der Waals surface area contributed by atoms with Crippen LogP contribution in [-0.4, -0.2) is 50.9 Å². The quantitative estimate of drug-likeness (QED) is 0.171. The Morgan fingerprint density at radius 1 is 1.22 bits per heavy atom. The molecule has 1 aromatic carbocycles. The predicted octanol–water partition coefficient (Wildman–Crippen LogP) is 3.08. The number of benzene rings is 1. The summed E-state index contributed by atoms with van der Waals surface area (Å²) in [4.78, 5) is 17.0. The Labute approximate surface area is 206 Å². The molecule has 0 saturated carbocycles. The van der Waals surface area contributed by atoms with Crippen molar-refractivity contribution in [2.24, 2.45) is 4.99 Å². The van der Waals surface area contributed by atoms with Gasteiger partial charge in [0, 0.05) is 31.9 Å².